The van der Waals surface area contributed by atoms with Crippen LogP contribution in [0.4, 0.5) is 0 Å². The first-order chi connectivity index (χ1) is 8.66. The van der Waals surface area contributed by atoms with E-state index in [0.29, 0.717) is 0 Å². The Morgan fingerprint density at radius 1 is 1.22 bits per heavy atom. The number of nitrogens with zero attached hydrogens (tertiary/aromatic N) is 4. The largest absolute Gasteiger partial charge is 0.317 e. The molecule has 1 aliphatic heterocycles. The van der Waals surface area contributed by atoms with Gasteiger partial charge in [-0.25, -0.2) is 0 Å². The third kappa shape index (κ3) is 3.53. The smallest absolute Gasteiger partial charge is 0.146 e. The summed E-state index contributed by atoms with van der Waals surface area (Å²) in [6, 6.07) is 0. The van der Waals surface area contributed by atoms with Crippen molar-refractivity contribution in [1.29, 1.82) is 0 Å². The second kappa shape index (κ2) is 6.29. The minimum Gasteiger partial charge on any atom is -0.317 e. The van der Waals surface area contributed by atoms with E-state index in [2.05, 4.69) is 27.5 Å². The lowest BCUT2D eigenvalue weighted by Gasteiger charge is -2.28. The molecule has 0 amide bonds. The van der Waals surface area contributed by atoms with Gasteiger partial charge < -0.3 is 14.8 Å². The summed E-state index contributed by atoms with van der Waals surface area (Å²) in [7, 11) is 4.23. The summed E-state index contributed by atoms with van der Waals surface area (Å²) >= 11 is 0. The molecule has 0 spiro atoms. The first-order valence-corrected chi connectivity index (χ1v) is 6.91. The van der Waals surface area contributed by atoms with Crippen molar-refractivity contribution in [3.8, 4) is 0 Å². The summed E-state index contributed by atoms with van der Waals surface area (Å²) in [5.41, 5.74) is 0. The maximum Gasteiger partial charge on any atom is 0.146 e. The summed E-state index contributed by atoms with van der Waals surface area (Å²) in [5.74, 6) is 2.90. The fraction of sp³-hybridized carbons (Fsp3) is 0.846. The molecule has 1 N–H and O–H groups in total. The molecule has 5 heteroatoms. The molecule has 2 heterocycles. The van der Waals surface area contributed by atoms with Crippen LogP contribution in [-0.2, 0) is 13.6 Å². The first kappa shape index (κ1) is 13.5. The van der Waals surface area contributed by atoms with E-state index in [4.69, 9.17) is 0 Å². The number of aryl methyl sites for hydroxylation is 1. The van der Waals surface area contributed by atoms with Crippen LogP contribution in [0.25, 0.3) is 0 Å². The Bertz CT molecular complexity index is 365. The molecule has 1 saturated heterocycles. The summed E-state index contributed by atoms with van der Waals surface area (Å²) in [6.07, 6.45) is 3.98. The first-order valence-electron chi connectivity index (χ1n) is 6.91. The predicted octanol–water partition coefficient (Wildman–Crippen LogP) is 0.945. The fourth-order valence-corrected chi connectivity index (χ4v) is 2.46. The monoisotopic (exact) mass is 251 g/mol. The number of rotatable bonds is 5. The summed E-state index contributed by atoms with van der Waals surface area (Å²) in [6.45, 7) is 6.40. The van der Waals surface area contributed by atoms with E-state index in [1.165, 1.54) is 32.4 Å². The van der Waals surface area contributed by atoms with Crippen LogP contribution in [0.1, 0.15) is 30.9 Å². The predicted molar refractivity (Wildman–Crippen MR) is 72.3 cm³/mol. The van der Waals surface area contributed by atoms with Gasteiger partial charge in [-0.1, -0.05) is 0 Å². The van der Waals surface area contributed by atoms with Gasteiger partial charge in [0.15, 0.2) is 0 Å². The van der Waals surface area contributed by atoms with Gasteiger partial charge in [-0.2, -0.15) is 0 Å². The third-order valence-electron chi connectivity index (χ3n) is 4.03. The molecular weight excluding hydrogens is 226 g/mol. The molecule has 0 saturated carbocycles. The lowest BCUT2D eigenvalue weighted by molar-refractivity contribution is 0.211. The molecule has 5 nitrogen and oxygen atoms in total. The Morgan fingerprint density at radius 3 is 2.56 bits per heavy atom. The number of piperidine rings is 1. The third-order valence-corrected chi connectivity index (χ3v) is 4.03. The van der Waals surface area contributed by atoms with Gasteiger partial charge in [-0.15, -0.1) is 10.2 Å². The molecule has 1 fully saturated rings. The standard InChI is InChI=1S/C13H25N5/c1-11-15-16-13(18(11)3)10-14-7-4-12-5-8-17(2)9-6-12/h12,14H,4-10H2,1-3H3. The van der Waals surface area contributed by atoms with E-state index in [0.717, 1.165) is 30.7 Å². The average molecular weight is 251 g/mol. The van der Waals surface area contributed by atoms with Crippen LogP contribution >= 0.6 is 0 Å². The van der Waals surface area contributed by atoms with Crippen LogP contribution in [0.15, 0.2) is 0 Å². The normalized spacial score (nSPS) is 18.4. The average Bonchev–Trinajstić information content (AvgIpc) is 2.68. The zero-order chi connectivity index (χ0) is 13.0. The minimum atomic E-state index is 0.823. The Morgan fingerprint density at radius 2 is 1.94 bits per heavy atom. The van der Waals surface area contributed by atoms with E-state index in [1.807, 2.05) is 18.5 Å². The lowest BCUT2D eigenvalue weighted by atomic mass is 9.94. The van der Waals surface area contributed by atoms with Crippen molar-refractivity contribution in [3.63, 3.8) is 0 Å². The van der Waals surface area contributed by atoms with Crippen molar-refractivity contribution in [2.45, 2.75) is 32.7 Å². The number of likely N-dealkylation sites (tertiary alicyclic amines) is 1. The van der Waals surface area contributed by atoms with Crippen LogP contribution in [0, 0.1) is 12.8 Å². The zero-order valence-corrected chi connectivity index (χ0v) is 11.8. The van der Waals surface area contributed by atoms with E-state index in [1.54, 1.807) is 0 Å². The van der Waals surface area contributed by atoms with Crippen LogP contribution < -0.4 is 5.32 Å². The van der Waals surface area contributed by atoms with Crippen molar-refractivity contribution >= 4 is 0 Å². The molecule has 1 aromatic rings. The van der Waals surface area contributed by atoms with Gasteiger partial charge in [0.05, 0.1) is 6.54 Å². The van der Waals surface area contributed by atoms with Crippen molar-refractivity contribution < 1.29 is 0 Å². The van der Waals surface area contributed by atoms with Gasteiger partial charge in [0.1, 0.15) is 11.6 Å². The zero-order valence-electron chi connectivity index (χ0n) is 11.8. The summed E-state index contributed by atoms with van der Waals surface area (Å²) in [5, 5.41) is 11.7. The second-order valence-electron chi connectivity index (χ2n) is 5.43. The summed E-state index contributed by atoms with van der Waals surface area (Å²) < 4.78 is 2.04. The number of hydrogen-bond acceptors (Lipinski definition) is 4. The van der Waals surface area contributed by atoms with Gasteiger partial charge in [-0.05, 0) is 58.8 Å². The summed E-state index contributed by atoms with van der Waals surface area (Å²) in [4.78, 5) is 2.42. The Labute approximate surface area is 110 Å². The molecule has 1 aromatic heterocycles. The van der Waals surface area contributed by atoms with Crippen LogP contribution in [0.3, 0.4) is 0 Å². The lowest BCUT2D eigenvalue weighted by Crippen LogP contribution is -2.31. The minimum absolute atomic E-state index is 0.823. The van der Waals surface area contributed by atoms with Gasteiger partial charge in [-0.3, -0.25) is 0 Å². The van der Waals surface area contributed by atoms with Crippen molar-refractivity contribution in [2.24, 2.45) is 13.0 Å². The molecule has 0 unspecified atom stereocenters. The van der Waals surface area contributed by atoms with Crippen LogP contribution in [0.2, 0.25) is 0 Å². The van der Waals surface area contributed by atoms with Crippen LogP contribution in [0.5, 0.6) is 0 Å². The molecule has 1 aliphatic rings. The molecule has 2 rings (SSSR count). The molecule has 18 heavy (non-hydrogen) atoms. The SMILES string of the molecule is Cc1nnc(CNCCC2CCN(C)CC2)n1C. The highest BCUT2D eigenvalue weighted by Gasteiger charge is 2.15. The maximum atomic E-state index is 4.15. The fourth-order valence-electron chi connectivity index (χ4n) is 2.46. The molecule has 0 bridgehead atoms. The number of aromatic nitrogens is 3. The highest BCUT2D eigenvalue weighted by molar-refractivity contribution is 4.91. The number of nitrogens with one attached hydrogen (secondary N) is 1. The topological polar surface area (TPSA) is 46.0 Å². The van der Waals surface area contributed by atoms with Crippen LogP contribution in [-0.4, -0.2) is 46.3 Å². The van der Waals surface area contributed by atoms with E-state index < -0.39 is 0 Å². The van der Waals surface area contributed by atoms with Gasteiger partial charge in [0, 0.05) is 7.05 Å². The molecule has 0 atom stereocenters. The molecule has 102 valence electrons. The van der Waals surface area contributed by atoms with Gasteiger partial charge in [0.25, 0.3) is 0 Å². The Hall–Kier alpha value is -0.940. The number of hydrogen-bond donors (Lipinski definition) is 1. The molecule has 0 aromatic carbocycles. The van der Waals surface area contributed by atoms with E-state index >= 15 is 0 Å². The highest BCUT2D eigenvalue weighted by Crippen LogP contribution is 2.18. The highest BCUT2D eigenvalue weighted by atomic mass is 15.3. The molecular formula is C13H25N5. The van der Waals surface area contributed by atoms with Crippen molar-refractivity contribution in [1.82, 2.24) is 25.0 Å². The van der Waals surface area contributed by atoms with Crippen molar-refractivity contribution in [2.75, 3.05) is 26.7 Å². The molecule has 0 aliphatic carbocycles. The van der Waals surface area contributed by atoms with E-state index in [9.17, 15) is 0 Å². The second-order valence-corrected chi connectivity index (χ2v) is 5.43. The quantitative estimate of drug-likeness (QED) is 0.791. The van der Waals surface area contributed by atoms with Gasteiger partial charge >= 0.3 is 0 Å². The van der Waals surface area contributed by atoms with Gasteiger partial charge in [0.2, 0.25) is 0 Å². The maximum absolute atomic E-state index is 4.15. The Balaban J connectivity index is 1.63. The molecule has 0 radical (unpaired) electrons. The Kier molecular flexibility index (Phi) is 4.72. The van der Waals surface area contributed by atoms with Crippen molar-refractivity contribution in [3.05, 3.63) is 11.6 Å². The van der Waals surface area contributed by atoms with E-state index in [-0.39, 0.29) is 0 Å².